The highest BCUT2D eigenvalue weighted by molar-refractivity contribution is 5.64. The molecule has 0 saturated carbocycles. The Labute approximate surface area is 107 Å². The van der Waals surface area contributed by atoms with Gasteiger partial charge in [-0.05, 0) is 19.2 Å². The number of piperazine rings is 1. The second-order valence-corrected chi connectivity index (χ2v) is 4.67. The normalized spacial score (nSPS) is 21.1. The Morgan fingerprint density at radius 3 is 2.89 bits per heavy atom. The van der Waals surface area contributed by atoms with E-state index >= 15 is 0 Å². The molecule has 0 amide bonds. The zero-order valence-electron chi connectivity index (χ0n) is 10.9. The molecular formula is C13H20FN3O. The van der Waals surface area contributed by atoms with Crippen molar-refractivity contribution >= 4 is 11.4 Å². The van der Waals surface area contributed by atoms with Gasteiger partial charge in [0.2, 0.25) is 0 Å². The maximum Gasteiger partial charge on any atom is 0.144 e. The standard InChI is InChI=1S/C13H20FN3O/c1-16-5-6-17(9-11(16)8-14)12-4-3-10(15)7-13(12)18-2/h3-4,7,11H,5-6,8-9,15H2,1-2H3/t11-/m1/s1. The van der Waals surface area contributed by atoms with E-state index in [2.05, 4.69) is 9.80 Å². The van der Waals surface area contributed by atoms with Crippen LogP contribution in [0.4, 0.5) is 15.8 Å². The molecule has 5 heteroatoms. The van der Waals surface area contributed by atoms with Crippen molar-refractivity contribution in [3.05, 3.63) is 18.2 Å². The zero-order chi connectivity index (χ0) is 13.1. The molecule has 0 bridgehead atoms. The number of rotatable bonds is 3. The molecule has 18 heavy (non-hydrogen) atoms. The Morgan fingerprint density at radius 1 is 1.44 bits per heavy atom. The number of nitrogens with two attached hydrogens (primary N) is 1. The molecule has 1 atom stereocenters. The fourth-order valence-electron chi connectivity index (χ4n) is 2.29. The molecule has 1 heterocycles. The van der Waals surface area contributed by atoms with Gasteiger partial charge in [-0.25, -0.2) is 4.39 Å². The van der Waals surface area contributed by atoms with Gasteiger partial charge < -0.3 is 15.4 Å². The van der Waals surface area contributed by atoms with Gasteiger partial charge >= 0.3 is 0 Å². The second kappa shape index (κ2) is 5.44. The first-order chi connectivity index (χ1) is 8.65. The van der Waals surface area contributed by atoms with Crippen LogP contribution in [0.25, 0.3) is 0 Å². The first-order valence-corrected chi connectivity index (χ1v) is 6.10. The number of nitrogen functional groups attached to an aromatic ring is 1. The van der Waals surface area contributed by atoms with Gasteiger partial charge in [-0.3, -0.25) is 4.90 Å². The van der Waals surface area contributed by atoms with E-state index in [9.17, 15) is 4.39 Å². The molecule has 0 aromatic heterocycles. The maximum absolute atomic E-state index is 12.9. The largest absolute Gasteiger partial charge is 0.495 e. The summed E-state index contributed by atoms with van der Waals surface area (Å²) in [7, 11) is 3.59. The fourth-order valence-corrected chi connectivity index (χ4v) is 2.29. The van der Waals surface area contributed by atoms with Gasteiger partial charge in [-0.1, -0.05) is 0 Å². The van der Waals surface area contributed by atoms with Crippen LogP contribution in [0.1, 0.15) is 0 Å². The first-order valence-electron chi connectivity index (χ1n) is 6.10. The highest BCUT2D eigenvalue weighted by atomic mass is 19.1. The molecule has 1 aliphatic heterocycles. The van der Waals surface area contributed by atoms with E-state index in [0.717, 1.165) is 24.5 Å². The number of methoxy groups -OCH3 is 1. The van der Waals surface area contributed by atoms with E-state index < -0.39 is 0 Å². The summed E-state index contributed by atoms with van der Waals surface area (Å²) < 4.78 is 18.3. The second-order valence-electron chi connectivity index (χ2n) is 4.67. The number of likely N-dealkylation sites (N-methyl/N-ethyl adjacent to an activating group) is 1. The predicted octanol–water partition coefficient (Wildman–Crippen LogP) is 1.37. The predicted molar refractivity (Wildman–Crippen MR) is 72.0 cm³/mol. The van der Waals surface area contributed by atoms with Crippen LogP contribution in [0.3, 0.4) is 0 Å². The van der Waals surface area contributed by atoms with Crippen molar-refractivity contribution in [2.24, 2.45) is 0 Å². The molecule has 0 aliphatic carbocycles. The number of alkyl halides is 1. The molecule has 2 rings (SSSR count). The Balaban J connectivity index is 2.21. The van der Waals surface area contributed by atoms with E-state index in [1.165, 1.54) is 0 Å². The summed E-state index contributed by atoms with van der Waals surface area (Å²) in [5, 5.41) is 0. The lowest BCUT2D eigenvalue weighted by molar-refractivity contribution is 0.183. The summed E-state index contributed by atoms with van der Waals surface area (Å²) in [4.78, 5) is 4.21. The number of halogens is 1. The minimum atomic E-state index is -0.329. The van der Waals surface area contributed by atoms with Crippen LogP contribution < -0.4 is 15.4 Å². The quantitative estimate of drug-likeness (QED) is 0.826. The van der Waals surface area contributed by atoms with Gasteiger partial charge in [0.05, 0.1) is 18.8 Å². The van der Waals surface area contributed by atoms with E-state index in [0.29, 0.717) is 12.2 Å². The van der Waals surface area contributed by atoms with Gasteiger partial charge in [0, 0.05) is 31.4 Å². The molecule has 0 radical (unpaired) electrons. The van der Waals surface area contributed by atoms with Crippen LogP contribution in [0, 0.1) is 0 Å². The van der Waals surface area contributed by atoms with E-state index in [-0.39, 0.29) is 12.7 Å². The molecule has 100 valence electrons. The van der Waals surface area contributed by atoms with Crippen molar-refractivity contribution in [2.45, 2.75) is 6.04 Å². The van der Waals surface area contributed by atoms with E-state index in [4.69, 9.17) is 10.5 Å². The van der Waals surface area contributed by atoms with Crippen molar-refractivity contribution in [1.82, 2.24) is 4.90 Å². The molecule has 4 nitrogen and oxygen atoms in total. The summed E-state index contributed by atoms with van der Waals surface area (Å²) >= 11 is 0. The molecular weight excluding hydrogens is 233 g/mol. The Hall–Kier alpha value is -1.49. The van der Waals surface area contributed by atoms with Crippen molar-refractivity contribution in [3.63, 3.8) is 0 Å². The first kappa shape index (κ1) is 13.0. The minimum Gasteiger partial charge on any atom is -0.495 e. The molecule has 2 N–H and O–H groups in total. The smallest absolute Gasteiger partial charge is 0.144 e. The Kier molecular flexibility index (Phi) is 3.91. The number of hydrogen-bond acceptors (Lipinski definition) is 4. The monoisotopic (exact) mass is 253 g/mol. The average Bonchev–Trinajstić information content (AvgIpc) is 2.39. The third-order valence-electron chi connectivity index (χ3n) is 3.50. The highest BCUT2D eigenvalue weighted by Gasteiger charge is 2.25. The lowest BCUT2D eigenvalue weighted by Gasteiger charge is -2.39. The number of ether oxygens (including phenoxy) is 1. The lowest BCUT2D eigenvalue weighted by atomic mass is 10.1. The van der Waals surface area contributed by atoms with Crippen LogP contribution in [-0.2, 0) is 0 Å². The summed E-state index contributed by atoms with van der Waals surface area (Å²) in [6.07, 6.45) is 0. The summed E-state index contributed by atoms with van der Waals surface area (Å²) in [6, 6.07) is 5.54. The third kappa shape index (κ3) is 2.51. The highest BCUT2D eigenvalue weighted by Crippen LogP contribution is 2.31. The molecule has 1 aliphatic rings. The van der Waals surface area contributed by atoms with Crippen molar-refractivity contribution in [3.8, 4) is 5.75 Å². The molecule has 0 unspecified atom stereocenters. The van der Waals surface area contributed by atoms with Crippen molar-refractivity contribution in [1.29, 1.82) is 0 Å². The SMILES string of the molecule is COc1cc(N)ccc1N1CCN(C)[C@H](CF)C1. The number of nitrogens with zero attached hydrogens (tertiary/aromatic N) is 2. The van der Waals surface area contributed by atoms with Gasteiger partial charge in [-0.2, -0.15) is 0 Å². The summed E-state index contributed by atoms with van der Waals surface area (Å²) in [5.74, 6) is 0.747. The van der Waals surface area contributed by atoms with Gasteiger partial charge in [0.25, 0.3) is 0 Å². The Morgan fingerprint density at radius 2 is 2.22 bits per heavy atom. The molecule has 0 spiro atoms. The van der Waals surface area contributed by atoms with Crippen LogP contribution in [0.5, 0.6) is 5.75 Å². The number of hydrogen-bond donors (Lipinski definition) is 1. The van der Waals surface area contributed by atoms with Crippen LogP contribution in [0.15, 0.2) is 18.2 Å². The maximum atomic E-state index is 12.9. The summed E-state index contributed by atoms with van der Waals surface area (Å²) in [5.41, 5.74) is 7.40. The van der Waals surface area contributed by atoms with Crippen LogP contribution in [-0.4, -0.2) is 51.4 Å². The topological polar surface area (TPSA) is 41.7 Å². The average molecular weight is 253 g/mol. The van der Waals surface area contributed by atoms with Gasteiger partial charge in [0.1, 0.15) is 12.4 Å². The van der Waals surface area contributed by atoms with Crippen molar-refractivity contribution in [2.75, 3.05) is 51.1 Å². The third-order valence-corrected chi connectivity index (χ3v) is 3.50. The minimum absolute atomic E-state index is 0.0546. The number of anilines is 2. The number of benzene rings is 1. The molecule has 1 saturated heterocycles. The molecule has 1 aromatic rings. The molecule has 1 aromatic carbocycles. The molecule has 1 fully saturated rings. The van der Waals surface area contributed by atoms with Gasteiger partial charge in [-0.15, -0.1) is 0 Å². The van der Waals surface area contributed by atoms with E-state index in [1.54, 1.807) is 13.2 Å². The van der Waals surface area contributed by atoms with E-state index in [1.807, 2.05) is 19.2 Å². The van der Waals surface area contributed by atoms with Crippen LogP contribution in [0.2, 0.25) is 0 Å². The Bertz CT molecular complexity index is 413. The lowest BCUT2D eigenvalue weighted by Crippen LogP contribution is -2.52. The van der Waals surface area contributed by atoms with Crippen LogP contribution >= 0.6 is 0 Å². The summed E-state index contributed by atoms with van der Waals surface area (Å²) in [6.45, 7) is 2.06. The zero-order valence-corrected chi connectivity index (χ0v) is 10.9. The van der Waals surface area contributed by atoms with Gasteiger partial charge in [0.15, 0.2) is 0 Å². The fraction of sp³-hybridized carbons (Fsp3) is 0.538. The van der Waals surface area contributed by atoms with Crippen molar-refractivity contribution < 1.29 is 9.13 Å².